The van der Waals surface area contributed by atoms with Crippen molar-refractivity contribution in [1.29, 1.82) is 0 Å². The van der Waals surface area contributed by atoms with Crippen molar-refractivity contribution in [3.8, 4) is 0 Å². The number of carbonyl (C=O) groups is 2. The first-order chi connectivity index (χ1) is 11.8. The second-order valence-electron chi connectivity index (χ2n) is 7.07. The molecule has 0 aliphatic carbocycles. The number of aryl methyl sites for hydroxylation is 1. The van der Waals surface area contributed by atoms with Gasteiger partial charge < -0.3 is 9.47 Å². The minimum atomic E-state index is -0.521. The zero-order chi connectivity index (χ0) is 18.4. The Morgan fingerprint density at radius 3 is 2.56 bits per heavy atom. The highest BCUT2D eigenvalue weighted by Crippen LogP contribution is 2.21. The smallest absolute Gasteiger partial charge is 0.418 e. The largest absolute Gasteiger partial charge is 0.466 e. The van der Waals surface area contributed by atoms with E-state index in [0.717, 1.165) is 30.2 Å². The van der Waals surface area contributed by atoms with Gasteiger partial charge in [0, 0.05) is 18.0 Å². The standard InChI is InChI=1S/C20H27NO4/c1-5-24-18(22)9-7-6-8-15-10-11-17-16(14-15)12-13-21(17)19(23)25-20(2,3)4/h10-14H,5-9H2,1-4H3. The van der Waals surface area contributed by atoms with Crippen LogP contribution in [0, 0.1) is 0 Å². The third kappa shape index (κ3) is 5.62. The quantitative estimate of drug-likeness (QED) is 0.562. The van der Waals surface area contributed by atoms with Gasteiger partial charge in [-0.05, 0) is 70.7 Å². The van der Waals surface area contributed by atoms with Gasteiger partial charge in [-0.25, -0.2) is 4.79 Å². The van der Waals surface area contributed by atoms with Gasteiger partial charge >= 0.3 is 12.1 Å². The van der Waals surface area contributed by atoms with Crippen molar-refractivity contribution in [3.05, 3.63) is 36.0 Å². The monoisotopic (exact) mass is 345 g/mol. The molecule has 0 spiro atoms. The molecule has 0 aliphatic rings. The van der Waals surface area contributed by atoms with Crippen LogP contribution in [0.15, 0.2) is 30.5 Å². The molecule has 0 radical (unpaired) electrons. The molecular weight excluding hydrogens is 318 g/mol. The van der Waals surface area contributed by atoms with Gasteiger partial charge in [0.2, 0.25) is 0 Å². The lowest BCUT2D eigenvalue weighted by Crippen LogP contribution is -2.26. The Labute approximate surface area is 148 Å². The highest BCUT2D eigenvalue weighted by Gasteiger charge is 2.18. The number of hydrogen-bond acceptors (Lipinski definition) is 4. The Bertz CT molecular complexity index is 740. The molecule has 0 atom stereocenters. The molecule has 0 fully saturated rings. The third-order valence-electron chi connectivity index (χ3n) is 3.75. The highest BCUT2D eigenvalue weighted by molar-refractivity contribution is 5.89. The van der Waals surface area contributed by atoms with Crippen LogP contribution in [0.1, 0.15) is 52.5 Å². The van der Waals surface area contributed by atoms with E-state index in [9.17, 15) is 9.59 Å². The van der Waals surface area contributed by atoms with E-state index in [1.165, 1.54) is 10.1 Å². The molecule has 2 aromatic rings. The summed E-state index contributed by atoms with van der Waals surface area (Å²) in [6.45, 7) is 7.81. The molecule has 5 nitrogen and oxygen atoms in total. The second kappa shape index (κ2) is 8.19. The Kier molecular flexibility index (Phi) is 6.23. The lowest BCUT2D eigenvalue weighted by Gasteiger charge is -2.19. The van der Waals surface area contributed by atoms with Gasteiger partial charge in [0.15, 0.2) is 0 Å². The number of unbranched alkanes of at least 4 members (excludes halogenated alkanes) is 1. The van der Waals surface area contributed by atoms with Crippen LogP contribution >= 0.6 is 0 Å². The highest BCUT2D eigenvalue weighted by atomic mass is 16.6. The van der Waals surface area contributed by atoms with Crippen molar-refractivity contribution in [1.82, 2.24) is 4.57 Å². The first-order valence-corrected chi connectivity index (χ1v) is 8.79. The normalized spacial score (nSPS) is 11.5. The minimum absolute atomic E-state index is 0.132. The molecule has 0 aliphatic heterocycles. The molecule has 25 heavy (non-hydrogen) atoms. The SMILES string of the molecule is CCOC(=O)CCCCc1ccc2c(ccn2C(=O)OC(C)(C)C)c1. The summed E-state index contributed by atoms with van der Waals surface area (Å²) >= 11 is 0. The second-order valence-corrected chi connectivity index (χ2v) is 7.07. The predicted octanol–water partition coefficient (Wildman–Crippen LogP) is 4.70. The zero-order valence-corrected chi connectivity index (χ0v) is 15.5. The van der Waals surface area contributed by atoms with Gasteiger partial charge in [0.05, 0.1) is 12.1 Å². The van der Waals surface area contributed by atoms with Gasteiger partial charge in [0.25, 0.3) is 0 Å². The zero-order valence-electron chi connectivity index (χ0n) is 15.5. The molecule has 5 heteroatoms. The van der Waals surface area contributed by atoms with Crippen LogP contribution in [0.2, 0.25) is 0 Å². The van der Waals surface area contributed by atoms with Crippen LogP contribution in [0.4, 0.5) is 4.79 Å². The van der Waals surface area contributed by atoms with Crippen molar-refractivity contribution in [2.45, 2.75) is 59.0 Å². The van der Waals surface area contributed by atoms with Gasteiger partial charge in [-0.3, -0.25) is 9.36 Å². The van der Waals surface area contributed by atoms with Gasteiger partial charge in [-0.15, -0.1) is 0 Å². The molecule has 0 saturated carbocycles. The summed E-state index contributed by atoms with van der Waals surface area (Å²) in [5.41, 5.74) is 1.51. The van der Waals surface area contributed by atoms with E-state index in [2.05, 4.69) is 6.07 Å². The van der Waals surface area contributed by atoms with Crippen LogP contribution in [-0.2, 0) is 20.7 Å². The molecule has 2 rings (SSSR count). The van der Waals surface area contributed by atoms with Crippen molar-refractivity contribution in [2.75, 3.05) is 6.61 Å². The van der Waals surface area contributed by atoms with E-state index in [1.807, 2.05) is 45.9 Å². The van der Waals surface area contributed by atoms with Gasteiger partial charge in [-0.2, -0.15) is 0 Å². The molecule has 0 amide bonds. The summed E-state index contributed by atoms with van der Waals surface area (Å²) in [6.07, 6.45) is 4.47. The van der Waals surface area contributed by atoms with Crippen LogP contribution < -0.4 is 0 Å². The molecule has 0 saturated heterocycles. The number of aromatic nitrogens is 1. The van der Waals surface area contributed by atoms with Crippen LogP contribution in [0.25, 0.3) is 10.9 Å². The van der Waals surface area contributed by atoms with Crippen molar-refractivity contribution >= 4 is 23.0 Å². The number of esters is 1. The van der Waals surface area contributed by atoms with Crippen molar-refractivity contribution in [2.24, 2.45) is 0 Å². The first-order valence-electron chi connectivity index (χ1n) is 8.79. The van der Waals surface area contributed by atoms with E-state index >= 15 is 0 Å². The summed E-state index contributed by atoms with van der Waals surface area (Å²) in [4.78, 5) is 23.6. The fourth-order valence-electron chi connectivity index (χ4n) is 2.65. The van der Waals surface area contributed by atoms with Crippen LogP contribution in [0.3, 0.4) is 0 Å². The van der Waals surface area contributed by atoms with Crippen LogP contribution in [0.5, 0.6) is 0 Å². The number of fused-ring (bicyclic) bond motifs is 1. The minimum Gasteiger partial charge on any atom is -0.466 e. The number of carbonyl (C=O) groups excluding carboxylic acids is 2. The maximum absolute atomic E-state index is 12.2. The third-order valence-corrected chi connectivity index (χ3v) is 3.75. The summed E-state index contributed by atoms with van der Waals surface area (Å²) in [6, 6.07) is 7.97. The molecule has 0 bridgehead atoms. The van der Waals surface area contributed by atoms with E-state index in [4.69, 9.17) is 9.47 Å². The van der Waals surface area contributed by atoms with Crippen LogP contribution in [-0.4, -0.2) is 28.8 Å². The number of ether oxygens (including phenoxy) is 2. The summed E-state index contributed by atoms with van der Waals surface area (Å²) in [5, 5.41) is 1.01. The number of hydrogen-bond donors (Lipinski definition) is 0. The summed E-state index contributed by atoms with van der Waals surface area (Å²) < 4.78 is 11.9. The van der Waals surface area contributed by atoms with Gasteiger partial charge in [-0.1, -0.05) is 6.07 Å². The number of benzene rings is 1. The van der Waals surface area contributed by atoms with E-state index < -0.39 is 5.60 Å². The fourth-order valence-corrected chi connectivity index (χ4v) is 2.65. The molecule has 1 aromatic carbocycles. The molecule has 0 unspecified atom stereocenters. The van der Waals surface area contributed by atoms with Crippen molar-refractivity contribution < 1.29 is 19.1 Å². The molecule has 1 aromatic heterocycles. The molecule has 136 valence electrons. The Hall–Kier alpha value is -2.30. The Balaban J connectivity index is 1.97. The van der Waals surface area contributed by atoms with Gasteiger partial charge in [0.1, 0.15) is 5.60 Å². The van der Waals surface area contributed by atoms with Crippen molar-refractivity contribution in [3.63, 3.8) is 0 Å². The van der Waals surface area contributed by atoms with E-state index in [-0.39, 0.29) is 12.1 Å². The average molecular weight is 345 g/mol. The summed E-state index contributed by atoms with van der Waals surface area (Å²) in [7, 11) is 0. The van der Waals surface area contributed by atoms with E-state index in [0.29, 0.717) is 13.0 Å². The predicted molar refractivity (Wildman–Crippen MR) is 97.8 cm³/mol. The first kappa shape index (κ1) is 19.0. The average Bonchev–Trinajstić information content (AvgIpc) is 2.93. The molecule has 0 N–H and O–H groups in total. The Morgan fingerprint density at radius 2 is 1.88 bits per heavy atom. The lowest BCUT2D eigenvalue weighted by molar-refractivity contribution is -0.143. The molecule has 1 heterocycles. The lowest BCUT2D eigenvalue weighted by atomic mass is 10.1. The fraction of sp³-hybridized carbons (Fsp3) is 0.500. The number of rotatable bonds is 6. The summed E-state index contributed by atoms with van der Waals surface area (Å²) in [5.74, 6) is -0.132. The maximum Gasteiger partial charge on any atom is 0.418 e. The number of nitrogens with zero attached hydrogens (tertiary/aromatic N) is 1. The maximum atomic E-state index is 12.2. The Morgan fingerprint density at radius 1 is 1.12 bits per heavy atom. The topological polar surface area (TPSA) is 57.5 Å². The van der Waals surface area contributed by atoms with E-state index in [1.54, 1.807) is 6.20 Å². The molecular formula is C20H27NO4.